The normalized spacial score (nSPS) is 11.8. The number of carbonyl (C=O) groups is 1. The van der Waals surface area contributed by atoms with Gasteiger partial charge in [0.25, 0.3) is 5.91 Å². The summed E-state index contributed by atoms with van der Waals surface area (Å²) < 4.78 is 31.8. The van der Waals surface area contributed by atoms with Crippen molar-refractivity contribution in [2.24, 2.45) is 0 Å². The van der Waals surface area contributed by atoms with Gasteiger partial charge in [-0.05, 0) is 32.0 Å². The molecule has 0 aliphatic heterocycles. The van der Waals surface area contributed by atoms with E-state index in [0.717, 1.165) is 0 Å². The number of rotatable bonds is 7. The smallest absolute Gasteiger partial charge is 0.251 e. The van der Waals surface area contributed by atoms with Crippen molar-refractivity contribution in [2.45, 2.75) is 38.6 Å². The van der Waals surface area contributed by atoms with E-state index in [-0.39, 0.29) is 22.6 Å². The molecule has 0 atom stereocenters. The van der Waals surface area contributed by atoms with Crippen molar-refractivity contribution in [1.82, 2.24) is 9.62 Å². The average Bonchev–Trinajstić information content (AvgIpc) is 2.46. The molecule has 124 valence electrons. The molecule has 0 bridgehead atoms. The molecule has 1 aromatic carbocycles. The molecular formula is C15H24N2O4S. The molecule has 0 heterocycles. The highest BCUT2D eigenvalue weighted by Gasteiger charge is 2.26. The summed E-state index contributed by atoms with van der Waals surface area (Å²) in [6.07, 6.45) is 0. The zero-order chi connectivity index (χ0) is 16.9. The molecule has 0 saturated carbocycles. The Bertz CT molecular complexity index is 622. The zero-order valence-corrected chi connectivity index (χ0v) is 14.5. The summed E-state index contributed by atoms with van der Waals surface area (Å²) in [5.74, 6) is -0.0818. The molecule has 1 rings (SSSR count). The average molecular weight is 328 g/mol. The van der Waals surface area contributed by atoms with E-state index < -0.39 is 10.0 Å². The first-order chi connectivity index (χ1) is 10.3. The molecular weight excluding hydrogens is 304 g/mol. The van der Waals surface area contributed by atoms with Gasteiger partial charge in [-0.3, -0.25) is 4.79 Å². The number of sulfonamides is 1. The maximum atomic E-state index is 12.7. The third kappa shape index (κ3) is 3.98. The van der Waals surface area contributed by atoms with Gasteiger partial charge in [0.05, 0.1) is 7.11 Å². The van der Waals surface area contributed by atoms with Crippen molar-refractivity contribution >= 4 is 15.9 Å². The number of carbonyl (C=O) groups excluding carboxylic acids is 1. The Labute approximate surface area is 132 Å². The molecule has 0 aliphatic carbocycles. The quantitative estimate of drug-likeness (QED) is 0.829. The van der Waals surface area contributed by atoms with Gasteiger partial charge in [0.15, 0.2) is 0 Å². The number of benzene rings is 1. The minimum Gasteiger partial charge on any atom is -0.495 e. The lowest BCUT2D eigenvalue weighted by atomic mass is 10.2. The first-order valence-corrected chi connectivity index (χ1v) is 8.70. The second kappa shape index (κ2) is 7.60. The van der Waals surface area contributed by atoms with Gasteiger partial charge >= 0.3 is 0 Å². The van der Waals surface area contributed by atoms with Crippen molar-refractivity contribution in [1.29, 1.82) is 0 Å². The molecule has 1 N–H and O–H groups in total. The summed E-state index contributed by atoms with van der Waals surface area (Å²) in [4.78, 5) is 12.1. The first kappa shape index (κ1) is 18.4. The lowest BCUT2D eigenvalue weighted by Crippen LogP contribution is -2.32. The van der Waals surface area contributed by atoms with Gasteiger partial charge in [-0.15, -0.1) is 0 Å². The van der Waals surface area contributed by atoms with Gasteiger partial charge in [-0.1, -0.05) is 13.8 Å². The first-order valence-electron chi connectivity index (χ1n) is 7.26. The fourth-order valence-electron chi connectivity index (χ4n) is 2.07. The van der Waals surface area contributed by atoms with Crippen LogP contribution in [0, 0.1) is 0 Å². The minimum atomic E-state index is -3.70. The van der Waals surface area contributed by atoms with Crippen LogP contribution in [0.2, 0.25) is 0 Å². The summed E-state index contributed by atoms with van der Waals surface area (Å²) in [5.41, 5.74) is 0.292. The van der Waals surface area contributed by atoms with Crippen LogP contribution in [0.25, 0.3) is 0 Å². The fraction of sp³-hybridized carbons (Fsp3) is 0.533. The van der Waals surface area contributed by atoms with Crippen LogP contribution in [0.15, 0.2) is 23.1 Å². The number of ether oxygens (including phenoxy) is 1. The summed E-state index contributed by atoms with van der Waals surface area (Å²) in [7, 11) is -2.29. The van der Waals surface area contributed by atoms with Gasteiger partial charge in [-0.2, -0.15) is 4.31 Å². The minimum absolute atomic E-state index is 0.00936. The van der Waals surface area contributed by atoms with Gasteiger partial charge in [0.2, 0.25) is 10.0 Å². The standard InChI is InChI=1S/C15H24N2O4S/c1-6-17(7-2)22(19,20)14-10-12(8-9-13(14)21-5)15(18)16-11(3)4/h8-11H,6-7H2,1-5H3,(H,16,18). The Morgan fingerprint density at radius 3 is 2.32 bits per heavy atom. The van der Waals surface area contributed by atoms with Gasteiger partial charge < -0.3 is 10.1 Å². The second-order valence-electron chi connectivity index (χ2n) is 5.08. The third-order valence-corrected chi connectivity index (χ3v) is 5.24. The van der Waals surface area contributed by atoms with Crippen molar-refractivity contribution in [2.75, 3.05) is 20.2 Å². The van der Waals surface area contributed by atoms with E-state index in [2.05, 4.69) is 5.32 Å². The highest BCUT2D eigenvalue weighted by molar-refractivity contribution is 7.89. The van der Waals surface area contributed by atoms with Crippen LogP contribution in [-0.2, 0) is 10.0 Å². The molecule has 0 unspecified atom stereocenters. The molecule has 0 aliphatic rings. The lowest BCUT2D eigenvalue weighted by molar-refractivity contribution is 0.0943. The number of nitrogens with zero attached hydrogens (tertiary/aromatic N) is 1. The fourth-order valence-corrected chi connectivity index (χ4v) is 3.71. The largest absolute Gasteiger partial charge is 0.495 e. The SMILES string of the molecule is CCN(CC)S(=O)(=O)c1cc(C(=O)NC(C)C)ccc1OC. The van der Waals surface area contributed by atoms with Crippen LogP contribution < -0.4 is 10.1 Å². The highest BCUT2D eigenvalue weighted by Crippen LogP contribution is 2.27. The highest BCUT2D eigenvalue weighted by atomic mass is 32.2. The molecule has 6 nitrogen and oxygen atoms in total. The summed E-state index contributed by atoms with van der Waals surface area (Å²) >= 11 is 0. The topological polar surface area (TPSA) is 75.7 Å². The lowest BCUT2D eigenvalue weighted by Gasteiger charge is -2.20. The molecule has 7 heteroatoms. The molecule has 1 amide bonds. The van der Waals surface area contributed by atoms with Crippen molar-refractivity contribution in [3.63, 3.8) is 0 Å². The number of amides is 1. The molecule has 22 heavy (non-hydrogen) atoms. The van der Waals surface area contributed by atoms with Crippen LogP contribution in [0.4, 0.5) is 0 Å². The Balaban J connectivity index is 3.36. The van der Waals surface area contributed by atoms with Gasteiger partial charge in [0.1, 0.15) is 10.6 Å². The molecule has 0 radical (unpaired) electrons. The van der Waals surface area contributed by atoms with E-state index in [4.69, 9.17) is 4.74 Å². The summed E-state index contributed by atoms with van der Waals surface area (Å²) in [6, 6.07) is 4.39. The van der Waals surface area contributed by atoms with E-state index in [0.29, 0.717) is 18.7 Å². The third-order valence-electron chi connectivity index (χ3n) is 3.17. The van der Waals surface area contributed by atoms with E-state index in [1.807, 2.05) is 13.8 Å². The Kier molecular flexibility index (Phi) is 6.37. The molecule has 0 spiro atoms. The van der Waals surface area contributed by atoms with Crippen LogP contribution in [-0.4, -0.2) is 44.9 Å². The molecule has 0 aromatic heterocycles. The second-order valence-corrected chi connectivity index (χ2v) is 6.99. The van der Waals surface area contributed by atoms with Crippen LogP contribution >= 0.6 is 0 Å². The maximum absolute atomic E-state index is 12.7. The predicted octanol–water partition coefficient (Wildman–Crippen LogP) is 1.86. The van der Waals surface area contributed by atoms with Gasteiger partial charge in [0, 0.05) is 24.7 Å². The maximum Gasteiger partial charge on any atom is 0.251 e. The Hall–Kier alpha value is -1.60. The van der Waals surface area contributed by atoms with Crippen LogP contribution in [0.3, 0.4) is 0 Å². The predicted molar refractivity (Wildman–Crippen MR) is 85.7 cm³/mol. The van der Waals surface area contributed by atoms with Crippen molar-refractivity contribution in [3.8, 4) is 5.75 Å². The summed E-state index contributed by atoms with van der Waals surface area (Å²) in [6.45, 7) is 7.92. The van der Waals surface area contributed by atoms with Crippen LogP contribution in [0.5, 0.6) is 5.75 Å². The van der Waals surface area contributed by atoms with Gasteiger partial charge in [-0.25, -0.2) is 8.42 Å². The Morgan fingerprint density at radius 1 is 1.27 bits per heavy atom. The summed E-state index contributed by atoms with van der Waals surface area (Å²) in [5, 5.41) is 2.74. The molecule has 0 fully saturated rings. The number of hydrogen-bond donors (Lipinski definition) is 1. The monoisotopic (exact) mass is 328 g/mol. The number of methoxy groups -OCH3 is 1. The van der Waals surface area contributed by atoms with E-state index >= 15 is 0 Å². The molecule has 0 saturated heterocycles. The Morgan fingerprint density at radius 2 is 1.86 bits per heavy atom. The van der Waals surface area contributed by atoms with E-state index in [1.165, 1.54) is 23.5 Å². The zero-order valence-electron chi connectivity index (χ0n) is 13.7. The number of hydrogen-bond acceptors (Lipinski definition) is 4. The van der Waals surface area contributed by atoms with E-state index in [9.17, 15) is 13.2 Å². The van der Waals surface area contributed by atoms with Crippen molar-refractivity contribution < 1.29 is 17.9 Å². The molecule has 1 aromatic rings. The number of nitrogens with one attached hydrogen (secondary N) is 1. The van der Waals surface area contributed by atoms with Crippen LogP contribution in [0.1, 0.15) is 38.1 Å². The van der Waals surface area contributed by atoms with E-state index in [1.54, 1.807) is 19.9 Å². The van der Waals surface area contributed by atoms with Crippen molar-refractivity contribution in [3.05, 3.63) is 23.8 Å².